The molecule has 0 saturated carbocycles. The fourth-order valence-electron chi connectivity index (χ4n) is 2.64. The Morgan fingerprint density at radius 2 is 2.12 bits per heavy atom. The molecule has 7 heteroatoms. The number of hydrazone groups is 1. The van der Waals surface area contributed by atoms with E-state index in [2.05, 4.69) is 15.4 Å². The number of nitrogens with one attached hydrogen (secondary N) is 1. The molecule has 0 spiro atoms. The molecule has 1 N–H and O–H groups in total. The zero-order valence-electron chi connectivity index (χ0n) is 14.3. The molecule has 0 atom stereocenters. The van der Waals surface area contributed by atoms with E-state index in [-0.39, 0.29) is 11.6 Å². The number of anilines is 1. The zero-order valence-corrected chi connectivity index (χ0v) is 15.0. The second kappa shape index (κ2) is 6.72. The molecule has 0 unspecified atom stereocenters. The maximum atomic E-state index is 12.7. The van der Waals surface area contributed by atoms with E-state index >= 15 is 0 Å². The number of urea groups is 1. The summed E-state index contributed by atoms with van der Waals surface area (Å²) in [5, 5.41) is 9.06. The number of benzene rings is 1. The quantitative estimate of drug-likeness (QED) is 0.883. The summed E-state index contributed by atoms with van der Waals surface area (Å²) in [5.74, 6) is 0.495. The first-order chi connectivity index (χ1) is 11.9. The molecule has 2 heterocycles. The fourth-order valence-corrected chi connectivity index (χ4v) is 2.82. The number of pyridine rings is 1. The van der Waals surface area contributed by atoms with E-state index in [1.165, 1.54) is 5.01 Å². The van der Waals surface area contributed by atoms with Crippen molar-refractivity contribution in [3.63, 3.8) is 0 Å². The predicted octanol–water partition coefficient (Wildman–Crippen LogP) is 4.41. The Morgan fingerprint density at radius 1 is 1.32 bits per heavy atom. The van der Waals surface area contributed by atoms with E-state index in [0.29, 0.717) is 23.0 Å². The van der Waals surface area contributed by atoms with Crippen molar-refractivity contribution in [2.24, 2.45) is 5.10 Å². The molecule has 130 valence electrons. The lowest BCUT2D eigenvalue weighted by Gasteiger charge is -2.29. The lowest BCUT2D eigenvalue weighted by Crippen LogP contribution is -2.43. The Balaban J connectivity index is 1.94. The smallest absolute Gasteiger partial charge is 0.342 e. The number of ether oxygens (including phenoxy) is 1. The molecule has 2 amide bonds. The topological polar surface area (TPSA) is 66.8 Å². The van der Waals surface area contributed by atoms with Gasteiger partial charge in [0, 0.05) is 35.5 Å². The number of carbonyl (C=O) groups excluding carboxylic acids is 1. The highest BCUT2D eigenvalue weighted by molar-refractivity contribution is 6.31. The van der Waals surface area contributed by atoms with Crippen molar-refractivity contribution < 1.29 is 9.53 Å². The lowest BCUT2D eigenvalue weighted by atomic mass is 10.0. The Bertz CT molecular complexity index is 836. The molecule has 1 aliphatic heterocycles. The zero-order chi connectivity index (χ0) is 18.0. The van der Waals surface area contributed by atoms with Crippen LogP contribution in [0.5, 0.6) is 5.88 Å². The fraction of sp³-hybridized carbons (Fsp3) is 0.278. The van der Waals surface area contributed by atoms with E-state index in [9.17, 15) is 4.79 Å². The molecule has 0 fully saturated rings. The molecule has 3 rings (SSSR count). The third-order valence-electron chi connectivity index (χ3n) is 4.03. The van der Waals surface area contributed by atoms with E-state index < -0.39 is 0 Å². The Morgan fingerprint density at radius 3 is 2.80 bits per heavy atom. The van der Waals surface area contributed by atoms with Gasteiger partial charge in [0.05, 0.1) is 18.3 Å². The number of halogens is 1. The minimum Gasteiger partial charge on any atom is -0.481 e. The first kappa shape index (κ1) is 17.2. The molecule has 25 heavy (non-hydrogen) atoms. The third kappa shape index (κ3) is 3.58. The molecule has 6 nitrogen and oxygen atoms in total. The number of amides is 2. The van der Waals surface area contributed by atoms with Gasteiger partial charge in [0.15, 0.2) is 0 Å². The van der Waals surface area contributed by atoms with Gasteiger partial charge in [0.1, 0.15) is 0 Å². The number of hydrogen-bond donors (Lipinski definition) is 1. The monoisotopic (exact) mass is 358 g/mol. The molecular weight excluding hydrogens is 340 g/mol. The van der Waals surface area contributed by atoms with E-state index in [1.807, 2.05) is 26.0 Å². The Hall–Kier alpha value is -2.60. The maximum Gasteiger partial charge on any atom is 0.342 e. The molecule has 0 saturated heterocycles. The Kier molecular flexibility index (Phi) is 4.63. The summed E-state index contributed by atoms with van der Waals surface area (Å²) in [6.07, 6.45) is 4.11. The van der Waals surface area contributed by atoms with E-state index in [1.54, 1.807) is 37.7 Å². The molecule has 1 aromatic heterocycles. The van der Waals surface area contributed by atoms with Crippen LogP contribution in [0.25, 0.3) is 11.1 Å². The first-order valence-corrected chi connectivity index (χ1v) is 8.22. The normalized spacial score (nSPS) is 15.3. The summed E-state index contributed by atoms with van der Waals surface area (Å²) < 4.78 is 5.18. The SMILES string of the molecule is COc1cc(-c2ccc(Cl)cc2NC(=O)N2N=CCC2(C)C)ccn1. The van der Waals surface area contributed by atoms with Crippen molar-refractivity contribution >= 4 is 29.5 Å². The summed E-state index contributed by atoms with van der Waals surface area (Å²) in [6, 6.07) is 8.69. The molecule has 1 aromatic carbocycles. The second-order valence-corrected chi connectivity index (χ2v) is 6.77. The van der Waals surface area contributed by atoms with Crippen LogP contribution in [-0.4, -0.2) is 34.9 Å². The van der Waals surface area contributed by atoms with Gasteiger partial charge in [-0.3, -0.25) is 0 Å². The van der Waals surface area contributed by atoms with Crippen LogP contribution < -0.4 is 10.1 Å². The van der Waals surface area contributed by atoms with Gasteiger partial charge in [0.2, 0.25) is 5.88 Å². The van der Waals surface area contributed by atoms with Gasteiger partial charge >= 0.3 is 6.03 Å². The van der Waals surface area contributed by atoms with Crippen LogP contribution in [0.2, 0.25) is 5.02 Å². The molecule has 0 bridgehead atoms. The van der Waals surface area contributed by atoms with Gasteiger partial charge in [-0.25, -0.2) is 14.8 Å². The van der Waals surface area contributed by atoms with Crippen LogP contribution in [0.4, 0.5) is 10.5 Å². The molecular formula is C18H19ClN4O2. The highest BCUT2D eigenvalue weighted by Gasteiger charge is 2.34. The Labute approximate surface area is 151 Å². The van der Waals surface area contributed by atoms with Crippen LogP contribution in [0.15, 0.2) is 41.6 Å². The third-order valence-corrected chi connectivity index (χ3v) is 4.27. The summed E-state index contributed by atoms with van der Waals surface area (Å²) >= 11 is 6.13. The van der Waals surface area contributed by atoms with Crippen LogP contribution in [0.3, 0.4) is 0 Å². The lowest BCUT2D eigenvalue weighted by molar-refractivity contribution is 0.167. The average molecular weight is 359 g/mol. The molecule has 1 aliphatic rings. The average Bonchev–Trinajstić information content (AvgIpc) is 2.94. The van der Waals surface area contributed by atoms with Gasteiger partial charge < -0.3 is 10.1 Å². The summed E-state index contributed by atoms with van der Waals surface area (Å²) in [5.41, 5.74) is 1.92. The predicted molar refractivity (Wildman–Crippen MR) is 99.3 cm³/mol. The number of aromatic nitrogens is 1. The van der Waals surface area contributed by atoms with E-state index in [4.69, 9.17) is 16.3 Å². The van der Waals surface area contributed by atoms with Gasteiger partial charge in [-0.2, -0.15) is 5.10 Å². The van der Waals surface area contributed by atoms with E-state index in [0.717, 1.165) is 11.1 Å². The minimum absolute atomic E-state index is 0.303. The number of carbonyl (C=O) groups is 1. The van der Waals surface area contributed by atoms with Crippen LogP contribution >= 0.6 is 11.6 Å². The molecule has 2 aromatic rings. The maximum absolute atomic E-state index is 12.7. The second-order valence-electron chi connectivity index (χ2n) is 6.33. The highest BCUT2D eigenvalue weighted by Crippen LogP contribution is 2.33. The van der Waals surface area contributed by atoms with Gasteiger partial charge in [-0.05, 0) is 37.6 Å². The highest BCUT2D eigenvalue weighted by atomic mass is 35.5. The van der Waals surface area contributed by atoms with Gasteiger partial charge in [-0.1, -0.05) is 17.7 Å². The van der Waals surface area contributed by atoms with Crippen LogP contribution in [0, 0.1) is 0 Å². The first-order valence-electron chi connectivity index (χ1n) is 7.84. The number of hydrogen-bond acceptors (Lipinski definition) is 4. The number of methoxy groups -OCH3 is 1. The van der Waals surface area contributed by atoms with Crippen molar-refractivity contribution in [2.75, 3.05) is 12.4 Å². The van der Waals surface area contributed by atoms with Crippen molar-refractivity contribution in [3.05, 3.63) is 41.6 Å². The minimum atomic E-state index is -0.358. The van der Waals surface area contributed by atoms with Crippen molar-refractivity contribution in [1.82, 2.24) is 9.99 Å². The van der Waals surface area contributed by atoms with Crippen molar-refractivity contribution in [2.45, 2.75) is 25.8 Å². The van der Waals surface area contributed by atoms with Gasteiger partial charge in [0.25, 0.3) is 0 Å². The molecule has 0 aliphatic carbocycles. The van der Waals surface area contributed by atoms with Crippen molar-refractivity contribution in [3.8, 4) is 17.0 Å². The molecule has 0 radical (unpaired) electrons. The summed E-state index contributed by atoms with van der Waals surface area (Å²) in [6.45, 7) is 3.93. The standard InChI is InChI=1S/C18H19ClN4O2/c1-18(2)7-9-21-23(18)17(24)22-15-11-13(19)4-5-14(15)12-6-8-20-16(10-12)25-3/h4-6,8-11H,7H2,1-3H3,(H,22,24). The van der Waals surface area contributed by atoms with Crippen LogP contribution in [0.1, 0.15) is 20.3 Å². The van der Waals surface area contributed by atoms with Crippen molar-refractivity contribution in [1.29, 1.82) is 0 Å². The summed E-state index contributed by atoms with van der Waals surface area (Å²) in [4.78, 5) is 16.8. The van der Waals surface area contributed by atoms with Gasteiger partial charge in [-0.15, -0.1) is 0 Å². The number of rotatable bonds is 3. The number of nitrogens with zero attached hydrogens (tertiary/aromatic N) is 3. The largest absolute Gasteiger partial charge is 0.481 e. The van der Waals surface area contributed by atoms with Crippen LogP contribution in [-0.2, 0) is 0 Å². The summed E-state index contributed by atoms with van der Waals surface area (Å²) in [7, 11) is 1.56.